The molecule has 0 aliphatic heterocycles. The number of fused-ring (bicyclic) bond motifs is 1. The number of allylic oxidation sites excluding steroid dienone is 1. The lowest BCUT2D eigenvalue weighted by atomic mass is 10.00. The SMILES string of the molecule is COC(=O)[C@H](C)NP(=O)(OCCSC(=O)C(C)(C)C)OC[C@@H]1C=C[C@H](n2cnc3c(Cl)nc(N)nc32)C1. The zero-order valence-electron chi connectivity index (χ0n) is 21.3. The van der Waals surface area contributed by atoms with Crippen LogP contribution in [0.5, 0.6) is 0 Å². The number of methoxy groups -OCH3 is 1. The molecule has 0 amide bonds. The molecule has 12 nitrogen and oxygen atoms in total. The van der Waals surface area contributed by atoms with E-state index < -0.39 is 25.2 Å². The number of aromatic nitrogens is 4. The Bertz CT molecular complexity index is 1220. The van der Waals surface area contributed by atoms with Gasteiger partial charge in [-0.25, -0.2) is 14.6 Å². The van der Waals surface area contributed by atoms with Crippen LogP contribution in [0.2, 0.25) is 5.15 Å². The lowest BCUT2D eigenvalue weighted by molar-refractivity contribution is -0.142. The van der Waals surface area contributed by atoms with Crippen LogP contribution in [0.3, 0.4) is 0 Å². The van der Waals surface area contributed by atoms with E-state index in [4.69, 9.17) is 31.1 Å². The van der Waals surface area contributed by atoms with Gasteiger partial charge in [-0.05, 0) is 13.3 Å². The van der Waals surface area contributed by atoms with Crippen molar-refractivity contribution < 1.29 is 27.9 Å². The third-order valence-electron chi connectivity index (χ3n) is 5.46. The maximum absolute atomic E-state index is 13.5. The van der Waals surface area contributed by atoms with Gasteiger partial charge in [0.15, 0.2) is 15.9 Å². The summed E-state index contributed by atoms with van der Waals surface area (Å²) in [6, 6.07) is -1.04. The largest absolute Gasteiger partial charge is 0.468 e. The van der Waals surface area contributed by atoms with Crippen molar-refractivity contribution in [3.05, 3.63) is 23.6 Å². The first-order chi connectivity index (χ1) is 17.3. The number of nitrogens with zero attached hydrogens (tertiary/aromatic N) is 4. The number of carbonyl (C=O) groups is 2. The summed E-state index contributed by atoms with van der Waals surface area (Å²) in [6.07, 6.45) is 6.13. The average Bonchev–Trinajstić information content (AvgIpc) is 3.46. The van der Waals surface area contributed by atoms with Gasteiger partial charge in [0.25, 0.3) is 0 Å². The van der Waals surface area contributed by atoms with Crippen LogP contribution in [0, 0.1) is 11.3 Å². The number of nitrogens with one attached hydrogen (secondary N) is 1. The monoisotopic (exact) mass is 574 g/mol. The van der Waals surface area contributed by atoms with Crippen LogP contribution in [-0.4, -0.2) is 62.7 Å². The summed E-state index contributed by atoms with van der Waals surface area (Å²) in [7, 11) is -2.68. The second kappa shape index (κ2) is 12.2. The Balaban J connectivity index is 1.62. The normalized spacial score (nSPS) is 20.2. The molecule has 1 unspecified atom stereocenters. The Morgan fingerprint density at radius 3 is 2.73 bits per heavy atom. The minimum atomic E-state index is -3.91. The van der Waals surface area contributed by atoms with Crippen LogP contribution in [0.4, 0.5) is 5.95 Å². The van der Waals surface area contributed by atoms with E-state index in [1.165, 1.54) is 14.0 Å². The van der Waals surface area contributed by atoms with E-state index in [2.05, 4.69) is 20.0 Å². The second-order valence-electron chi connectivity index (χ2n) is 9.53. The molecule has 0 radical (unpaired) electrons. The smallest absolute Gasteiger partial charge is 0.406 e. The molecule has 37 heavy (non-hydrogen) atoms. The van der Waals surface area contributed by atoms with Crippen LogP contribution < -0.4 is 10.8 Å². The lowest BCUT2D eigenvalue weighted by Crippen LogP contribution is -2.34. The summed E-state index contributed by atoms with van der Waals surface area (Å²) < 4.78 is 31.3. The molecule has 2 heterocycles. The molecule has 204 valence electrons. The molecule has 4 atom stereocenters. The first kappa shape index (κ1) is 29.5. The molecular weight excluding hydrogens is 543 g/mol. The fourth-order valence-corrected chi connectivity index (χ4v) is 6.16. The first-order valence-electron chi connectivity index (χ1n) is 11.6. The molecule has 3 rings (SSSR count). The number of esters is 1. The highest BCUT2D eigenvalue weighted by atomic mass is 35.5. The molecule has 3 N–H and O–H groups in total. The van der Waals surface area contributed by atoms with Gasteiger partial charge in [0.1, 0.15) is 11.6 Å². The number of imidazole rings is 1. The van der Waals surface area contributed by atoms with E-state index in [1.54, 1.807) is 6.33 Å². The van der Waals surface area contributed by atoms with Crippen LogP contribution >= 0.6 is 31.1 Å². The quantitative estimate of drug-likeness (QED) is 0.132. The van der Waals surface area contributed by atoms with E-state index >= 15 is 0 Å². The maximum atomic E-state index is 13.5. The molecule has 0 spiro atoms. The summed E-state index contributed by atoms with van der Waals surface area (Å²) in [4.78, 5) is 36.5. The van der Waals surface area contributed by atoms with Gasteiger partial charge >= 0.3 is 13.7 Å². The van der Waals surface area contributed by atoms with Crippen LogP contribution in [0.25, 0.3) is 11.2 Å². The Morgan fingerprint density at radius 1 is 1.32 bits per heavy atom. The van der Waals surface area contributed by atoms with Gasteiger partial charge < -0.3 is 15.0 Å². The highest BCUT2D eigenvalue weighted by molar-refractivity contribution is 8.13. The zero-order chi connectivity index (χ0) is 27.4. The molecule has 1 aliphatic carbocycles. The summed E-state index contributed by atoms with van der Waals surface area (Å²) in [5, 5.41) is 2.79. The van der Waals surface area contributed by atoms with E-state index in [0.717, 1.165) is 11.8 Å². The lowest BCUT2D eigenvalue weighted by Gasteiger charge is -2.23. The molecule has 0 aromatic carbocycles. The van der Waals surface area contributed by atoms with Gasteiger partial charge in [0.05, 0.1) is 32.7 Å². The van der Waals surface area contributed by atoms with Crippen molar-refractivity contribution in [1.29, 1.82) is 0 Å². The fourth-order valence-electron chi connectivity index (χ4n) is 3.50. The molecule has 1 aliphatic rings. The van der Waals surface area contributed by atoms with E-state index in [0.29, 0.717) is 17.6 Å². The Hall–Kier alpha value is -2.02. The van der Waals surface area contributed by atoms with Crippen LogP contribution in [0.1, 0.15) is 40.2 Å². The predicted molar refractivity (Wildman–Crippen MR) is 142 cm³/mol. The standard InChI is InChI=1S/C22H32ClN6O6PS/c1-13(19(30)33-5)28-36(32,34-8-9-37-20(31)22(2,3)4)35-11-14-6-7-15(10-14)29-12-25-16-17(23)26-21(24)27-18(16)29/h6-7,12-15H,8-11H2,1-5H3,(H,28,32)(H2,24,26,27)/t13-,14+,15-,36?/m0/s1. The number of nitrogens with two attached hydrogens (primary N) is 1. The second-order valence-corrected chi connectivity index (χ2v) is 12.7. The highest BCUT2D eigenvalue weighted by Gasteiger charge is 2.33. The minimum absolute atomic E-state index is 0.00906. The molecule has 2 aromatic heterocycles. The molecule has 2 aromatic rings. The van der Waals surface area contributed by atoms with E-state index in [-0.39, 0.29) is 47.1 Å². The number of hydrogen-bond acceptors (Lipinski definition) is 11. The van der Waals surface area contributed by atoms with Crippen molar-refractivity contribution in [3.8, 4) is 0 Å². The Morgan fingerprint density at radius 2 is 2.05 bits per heavy atom. The molecule has 0 saturated heterocycles. The van der Waals surface area contributed by atoms with Gasteiger partial charge in [-0.2, -0.15) is 9.97 Å². The first-order valence-corrected chi connectivity index (χ1v) is 14.5. The van der Waals surface area contributed by atoms with Gasteiger partial charge in [-0.15, -0.1) is 0 Å². The Kier molecular flexibility index (Phi) is 9.76. The number of hydrogen-bond donors (Lipinski definition) is 2. The van der Waals surface area contributed by atoms with Crippen LogP contribution in [-0.2, 0) is 27.9 Å². The summed E-state index contributed by atoms with van der Waals surface area (Å²) >= 11 is 7.22. The molecule has 0 saturated carbocycles. The third-order valence-corrected chi connectivity index (χ3v) is 8.68. The summed E-state index contributed by atoms with van der Waals surface area (Å²) in [5.41, 5.74) is 6.20. The number of ether oxygens (including phenoxy) is 1. The van der Waals surface area contributed by atoms with Crippen molar-refractivity contribution in [2.75, 3.05) is 31.8 Å². The van der Waals surface area contributed by atoms with Gasteiger partial charge in [0.2, 0.25) is 5.95 Å². The van der Waals surface area contributed by atoms with Crippen molar-refractivity contribution in [2.24, 2.45) is 11.3 Å². The van der Waals surface area contributed by atoms with Crippen molar-refractivity contribution in [3.63, 3.8) is 0 Å². The topological polar surface area (TPSA) is 161 Å². The van der Waals surface area contributed by atoms with Gasteiger partial charge in [0, 0.05) is 17.1 Å². The van der Waals surface area contributed by atoms with Crippen molar-refractivity contribution in [1.82, 2.24) is 24.6 Å². The number of nitrogen functional groups attached to an aromatic ring is 1. The number of thioether (sulfide) groups is 1. The fraction of sp³-hybridized carbons (Fsp3) is 0.591. The molecule has 0 fully saturated rings. The zero-order valence-corrected chi connectivity index (χ0v) is 23.8. The number of rotatable bonds is 11. The summed E-state index contributed by atoms with van der Waals surface area (Å²) in [5.74, 6) is -0.393. The van der Waals surface area contributed by atoms with Gasteiger partial charge in [-0.3, -0.25) is 18.6 Å². The maximum Gasteiger partial charge on any atom is 0.406 e. The third kappa shape index (κ3) is 7.75. The number of carbonyl (C=O) groups excluding carboxylic acids is 2. The highest BCUT2D eigenvalue weighted by Crippen LogP contribution is 2.46. The van der Waals surface area contributed by atoms with Crippen LogP contribution in [0.15, 0.2) is 18.5 Å². The number of anilines is 1. The Labute approximate surface area is 224 Å². The molecular formula is C22H32ClN6O6PS. The average molecular weight is 575 g/mol. The number of halogens is 1. The molecule has 0 bridgehead atoms. The summed E-state index contributed by atoms with van der Waals surface area (Å²) in [6.45, 7) is 7.00. The van der Waals surface area contributed by atoms with Crippen molar-refractivity contribution in [2.45, 2.75) is 46.2 Å². The predicted octanol–water partition coefficient (Wildman–Crippen LogP) is 3.78. The van der Waals surface area contributed by atoms with Gasteiger partial charge in [-0.1, -0.05) is 56.3 Å². The van der Waals surface area contributed by atoms with Crippen molar-refractivity contribution >= 4 is 59.3 Å². The minimum Gasteiger partial charge on any atom is -0.468 e. The van der Waals surface area contributed by atoms with E-state index in [1.807, 2.05) is 37.5 Å². The van der Waals surface area contributed by atoms with E-state index in [9.17, 15) is 14.2 Å². The molecule has 15 heteroatoms.